The Kier molecular flexibility index (Phi) is 5.79. The summed E-state index contributed by atoms with van der Waals surface area (Å²) < 4.78 is 27.2. The molecule has 0 atom stereocenters. The molecule has 0 aliphatic rings. The molecule has 0 bridgehead atoms. The average molecular weight is 301 g/mol. The van der Waals surface area contributed by atoms with Gasteiger partial charge in [0.05, 0.1) is 4.90 Å². The summed E-state index contributed by atoms with van der Waals surface area (Å²) in [6.45, 7) is 12.3. The molecule has 0 saturated carbocycles. The molecule has 1 heterocycles. The summed E-state index contributed by atoms with van der Waals surface area (Å²) in [6.07, 6.45) is 1.54. The van der Waals surface area contributed by atoms with E-state index in [-0.39, 0.29) is 5.41 Å². The summed E-state index contributed by atoms with van der Waals surface area (Å²) >= 11 is 0. The highest BCUT2D eigenvalue weighted by Crippen LogP contribution is 2.25. The van der Waals surface area contributed by atoms with Crippen LogP contribution in [-0.2, 0) is 16.6 Å². The zero-order chi connectivity index (χ0) is 15.4. The Bertz CT molecular complexity index is 518. The van der Waals surface area contributed by atoms with Crippen molar-refractivity contribution >= 4 is 10.0 Å². The fourth-order valence-electron chi connectivity index (χ4n) is 1.50. The third-order valence-corrected chi connectivity index (χ3v) is 5.25. The van der Waals surface area contributed by atoms with Gasteiger partial charge in [-0.15, -0.1) is 0 Å². The third kappa shape index (κ3) is 4.61. The van der Waals surface area contributed by atoms with Gasteiger partial charge in [-0.25, -0.2) is 13.1 Å². The predicted molar refractivity (Wildman–Crippen MR) is 82.0 cm³/mol. The van der Waals surface area contributed by atoms with Crippen molar-refractivity contribution in [1.29, 1.82) is 0 Å². The topological polar surface area (TPSA) is 74.0 Å². The molecule has 20 heavy (non-hydrogen) atoms. The van der Waals surface area contributed by atoms with E-state index in [2.05, 4.69) is 42.7 Å². The molecule has 116 valence electrons. The Balaban J connectivity index is 2.72. The average Bonchev–Trinajstić information content (AvgIpc) is 2.83. The van der Waals surface area contributed by atoms with Crippen molar-refractivity contribution in [2.45, 2.75) is 46.1 Å². The van der Waals surface area contributed by atoms with Gasteiger partial charge < -0.3 is 10.3 Å². The summed E-state index contributed by atoms with van der Waals surface area (Å²) in [4.78, 5) is 3.28. The fourth-order valence-corrected chi connectivity index (χ4v) is 2.74. The van der Waals surface area contributed by atoms with Crippen LogP contribution in [0.2, 0.25) is 0 Å². The summed E-state index contributed by atoms with van der Waals surface area (Å²) in [5, 5.41) is 3.15. The van der Waals surface area contributed by atoms with E-state index >= 15 is 0 Å². The molecule has 0 spiro atoms. The van der Waals surface area contributed by atoms with E-state index in [1.807, 2.05) is 6.92 Å². The minimum absolute atomic E-state index is 0.0734. The Morgan fingerprint density at radius 3 is 2.55 bits per heavy atom. The van der Waals surface area contributed by atoms with E-state index < -0.39 is 10.0 Å². The quantitative estimate of drug-likeness (QED) is 0.688. The number of rotatable bonds is 8. The zero-order valence-electron chi connectivity index (χ0n) is 13.1. The highest BCUT2D eigenvalue weighted by Gasteiger charge is 2.25. The number of nitrogens with one attached hydrogen (secondary N) is 3. The molecule has 3 N–H and O–H groups in total. The van der Waals surface area contributed by atoms with E-state index in [0.29, 0.717) is 23.9 Å². The SMILES string of the molecule is CCNCc1cc(S(=O)(=O)NCC(C)(C)C(C)C)c[nH]1. The van der Waals surface area contributed by atoms with Crippen molar-refractivity contribution in [2.24, 2.45) is 11.3 Å². The molecule has 0 aliphatic carbocycles. The Morgan fingerprint density at radius 1 is 1.35 bits per heavy atom. The van der Waals surface area contributed by atoms with E-state index in [4.69, 9.17) is 0 Å². The third-order valence-electron chi connectivity index (χ3n) is 3.87. The van der Waals surface area contributed by atoms with Crippen molar-refractivity contribution in [3.05, 3.63) is 18.0 Å². The van der Waals surface area contributed by atoms with Gasteiger partial charge in [0.1, 0.15) is 0 Å². The lowest BCUT2D eigenvalue weighted by molar-refractivity contribution is 0.252. The lowest BCUT2D eigenvalue weighted by Gasteiger charge is -2.29. The first-order valence-corrected chi connectivity index (χ1v) is 8.55. The van der Waals surface area contributed by atoms with Gasteiger partial charge >= 0.3 is 0 Å². The second kappa shape index (κ2) is 6.74. The van der Waals surface area contributed by atoms with Crippen LogP contribution in [0, 0.1) is 11.3 Å². The van der Waals surface area contributed by atoms with Gasteiger partial charge in [0.25, 0.3) is 0 Å². The maximum Gasteiger partial charge on any atom is 0.242 e. The minimum atomic E-state index is -3.44. The highest BCUT2D eigenvalue weighted by atomic mass is 32.2. The van der Waals surface area contributed by atoms with Crippen molar-refractivity contribution in [3.63, 3.8) is 0 Å². The first-order chi connectivity index (χ1) is 9.19. The van der Waals surface area contributed by atoms with Crippen LogP contribution in [0.5, 0.6) is 0 Å². The largest absolute Gasteiger partial charge is 0.363 e. The first-order valence-electron chi connectivity index (χ1n) is 7.06. The molecule has 0 aromatic carbocycles. The van der Waals surface area contributed by atoms with Gasteiger partial charge in [0.15, 0.2) is 0 Å². The van der Waals surface area contributed by atoms with Gasteiger partial charge in [-0.2, -0.15) is 0 Å². The molecular weight excluding hydrogens is 274 g/mol. The number of H-pyrrole nitrogens is 1. The van der Waals surface area contributed by atoms with Gasteiger partial charge in [0.2, 0.25) is 10.0 Å². The Hall–Kier alpha value is -0.850. The number of aromatic amines is 1. The van der Waals surface area contributed by atoms with Crippen LogP contribution >= 0.6 is 0 Å². The second-order valence-corrected chi connectivity index (χ2v) is 7.88. The first kappa shape index (κ1) is 17.2. The molecule has 5 nitrogen and oxygen atoms in total. The lowest BCUT2D eigenvalue weighted by atomic mass is 9.81. The smallest absolute Gasteiger partial charge is 0.242 e. The number of hydrogen-bond acceptors (Lipinski definition) is 3. The van der Waals surface area contributed by atoms with Crippen molar-refractivity contribution in [3.8, 4) is 0 Å². The van der Waals surface area contributed by atoms with Crippen LogP contribution in [0.3, 0.4) is 0 Å². The molecule has 0 saturated heterocycles. The molecule has 0 amide bonds. The van der Waals surface area contributed by atoms with Gasteiger partial charge in [0, 0.05) is 25.0 Å². The normalized spacial score (nSPS) is 13.1. The van der Waals surface area contributed by atoms with Gasteiger partial charge in [-0.1, -0.05) is 34.6 Å². The lowest BCUT2D eigenvalue weighted by Crippen LogP contribution is -2.36. The molecule has 0 unspecified atom stereocenters. The van der Waals surface area contributed by atoms with Gasteiger partial charge in [-0.3, -0.25) is 0 Å². The molecule has 0 fully saturated rings. The second-order valence-electron chi connectivity index (χ2n) is 6.11. The van der Waals surface area contributed by atoms with E-state index in [1.165, 1.54) is 6.20 Å². The van der Waals surface area contributed by atoms with Crippen molar-refractivity contribution in [1.82, 2.24) is 15.0 Å². The van der Waals surface area contributed by atoms with Crippen LogP contribution < -0.4 is 10.0 Å². The van der Waals surface area contributed by atoms with Crippen molar-refractivity contribution in [2.75, 3.05) is 13.1 Å². The maximum absolute atomic E-state index is 12.2. The molecule has 0 radical (unpaired) electrons. The van der Waals surface area contributed by atoms with E-state index in [1.54, 1.807) is 6.07 Å². The predicted octanol–water partition coefficient (Wildman–Crippen LogP) is 2.08. The molecule has 1 rings (SSSR count). The zero-order valence-corrected chi connectivity index (χ0v) is 13.9. The van der Waals surface area contributed by atoms with Crippen LogP contribution in [0.4, 0.5) is 0 Å². The van der Waals surface area contributed by atoms with Crippen molar-refractivity contribution < 1.29 is 8.42 Å². The van der Waals surface area contributed by atoms with E-state index in [0.717, 1.165) is 12.2 Å². The monoisotopic (exact) mass is 301 g/mol. The summed E-state index contributed by atoms with van der Waals surface area (Å²) in [5.41, 5.74) is 0.797. The standard InChI is InChI=1S/C14H27N3O2S/c1-6-15-8-12-7-13(9-16-12)20(18,19)17-10-14(4,5)11(2)3/h7,9,11,15-17H,6,8,10H2,1-5H3. The fraction of sp³-hybridized carbons (Fsp3) is 0.714. The number of sulfonamides is 1. The van der Waals surface area contributed by atoms with Crippen LogP contribution in [-0.4, -0.2) is 26.5 Å². The molecule has 1 aromatic heterocycles. The minimum Gasteiger partial charge on any atom is -0.363 e. The van der Waals surface area contributed by atoms with E-state index in [9.17, 15) is 8.42 Å². The molecule has 1 aromatic rings. The molecular formula is C14H27N3O2S. The highest BCUT2D eigenvalue weighted by molar-refractivity contribution is 7.89. The summed E-state index contributed by atoms with van der Waals surface area (Å²) in [5.74, 6) is 0.403. The van der Waals surface area contributed by atoms with Crippen LogP contribution in [0.15, 0.2) is 17.2 Å². The maximum atomic E-state index is 12.2. The number of aromatic nitrogens is 1. The Labute approximate surface area is 122 Å². The van der Waals surface area contributed by atoms with Crippen LogP contribution in [0.25, 0.3) is 0 Å². The summed E-state index contributed by atoms with van der Waals surface area (Å²) in [7, 11) is -3.44. The molecule has 6 heteroatoms. The summed E-state index contributed by atoms with van der Waals surface area (Å²) in [6, 6.07) is 1.67. The van der Waals surface area contributed by atoms with Crippen LogP contribution in [0.1, 0.15) is 40.3 Å². The Morgan fingerprint density at radius 2 is 2.00 bits per heavy atom. The van der Waals surface area contributed by atoms with Gasteiger partial charge in [-0.05, 0) is 23.9 Å². The molecule has 0 aliphatic heterocycles. The number of hydrogen-bond donors (Lipinski definition) is 3.